The molecule has 2 aromatic rings. The number of nitrogens with zero attached hydrogens (tertiary/aromatic N) is 3. The fourth-order valence-corrected chi connectivity index (χ4v) is 8.04. The standard InChI is InChI=1S/C17H19N3O5S2/c21-17-7-6-16(13-4-2-1-3-5-13)18-20(17)14-10-19(11-14)27(24,25)15-8-9-26(22,23)12-15/h1-7,14-15H,8-12H2. The zero-order valence-corrected chi connectivity index (χ0v) is 16.1. The zero-order chi connectivity index (χ0) is 19.2. The van der Waals surface area contributed by atoms with Crippen LogP contribution >= 0.6 is 0 Å². The predicted molar refractivity (Wildman–Crippen MR) is 101 cm³/mol. The molecule has 1 unspecified atom stereocenters. The van der Waals surface area contributed by atoms with Gasteiger partial charge in [0.2, 0.25) is 10.0 Å². The number of sulfone groups is 1. The Kier molecular flexibility index (Phi) is 4.44. The molecular formula is C17H19N3O5S2. The van der Waals surface area contributed by atoms with Crippen LogP contribution in [0.5, 0.6) is 0 Å². The summed E-state index contributed by atoms with van der Waals surface area (Å²) in [6, 6.07) is 12.1. The molecule has 3 heterocycles. The minimum absolute atomic E-state index is 0.0890. The van der Waals surface area contributed by atoms with Crippen LogP contribution in [0.2, 0.25) is 0 Å². The highest BCUT2D eigenvalue weighted by atomic mass is 32.2. The van der Waals surface area contributed by atoms with Gasteiger partial charge in [-0.25, -0.2) is 21.5 Å². The minimum atomic E-state index is -3.68. The van der Waals surface area contributed by atoms with Gasteiger partial charge in [0.05, 0.1) is 28.5 Å². The van der Waals surface area contributed by atoms with Crippen molar-refractivity contribution >= 4 is 19.9 Å². The second-order valence-corrected chi connectivity index (χ2v) is 11.3. The van der Waals surface area contributed by atoms with E-state index in [4.69, 9.17) is 0 Å². The van der Waals surface area contributed by atoms with E-state index in [1.165, 1.54) is 15.1 Å². The molecule has 2 aliphatic rings. The Hall–Kier alpha value is -2.04. The Labute approximate surface area is 157 Å². The number of hydrogen-bond donors (Lipinski definition) is 0. The van der Waals surface area contributed by atoms with Crippen LogP contribution in [0.15, 0.2) is 47.3 Å². The molecule has 0 saturated carbocycles. The van der Waals surface area contributed by atoms with Gasteiger partial charge in [0.15, 0.2) is 9.84 Å². The molecule has 0 spiro atoms. The van der Waals surface area contributed by atoms with E-state index in [0.29, 0.717) is 5.69 Å². The minimum Gasteiger partial charge on any atom is -0.268 e. The van der Waals surface area contributed by atoms with Gasteiger partial charge in [-0.15, -0.1) is 0 Å². The van der Waals surface area contributed by atoms with Crippen LogP contribution in [-0.2, 0) is 19.9 Å². The summed E-state index contributed by atoms with van der Waals surface area (Å²) in [4.78, 5) is 12.2. The van der Waals surface area contributed by atoms with Crippen LogP contribution in [-0.4, -0.2) is 60.8 Å². The molecule has 1 aromatic heterocycles. The lowest BCUT2D eigenvalue weighted by atomic mass is 10.1. The summed E-state index contributed by atoms with van der Waals surface area (Å²) in [7, 11) is -6.96. The van der Waals surface area contributed by atoms with E-state index in [-0.39, 0.29) is 42.6 Å². The van der Waals surface area contributed by atoms with Crippen LogP contribution < -0.4 is 5.56 Å². The second kappa shape index (κ2) is 6.54. The third kappa shape index (κ3) is 3.44. The summed E-state index contributed by atoms with van der Waals surface area (Å²) in [6.45, 7) is 0.258. The lowest BCUT2D eigenvalue weighted by Crippen LogP contribution is -2.55. The first-order valence-corrected chi connectivity index (χ1v) is 11.9. The zero-order valence-electron chi connectivity index (χ0n) is 14.4. The molecule has 0 bridgehead atoms. The van der Waals surface area contributed by atoms with Crippen molar-refractivity contribution in [2.45, 2.75) is 17.7 Å². The van der Waals surface area contributed by atoms with Crippen LogP contribution in [0.3, 0.4) is 0 Å². The van der Waals surface area contributed by atoms with Gasteiger partial charge in [0.1, 0.15) is 0 Å². The Balaban J connectivity index is 1.52. The van der Waals surface area contributed by atoms with Crippen molar-refractivity contribution in [2.75, 3.05) is 24.6 Å². The highest BCUT2D eigenvalue weighted by Crippen LogP contribution is 2.29. The third-order valence-corrected chi connectivity index (χ3v) is 9.28. The topological polar surface area (TPSA) is 106 Å². The molecule has 8 nitrogen and oxygen atoms in total. The molecular weight excluding hydrogens is 390 g/mol. The summed E-state index contributed by atoms with van der Waals surface area (Å²) in [5.41, 5.74) is 1.21. The maximum atomic E-state index is 12.6. The van der Waals surface area contributed by atoms with Crippen LogP contribution in [0.1, 0.15) is 12.5 Å². The van der Waals surface area contributed by atoms with Gasteiger partial charge >= 0.3 is 0 Å². The quantitative estimate of drug-likeness (QED) is 0.718. The number of aromatic nitrogens is 2. The maximum absolute atomic E-state index is 12.6. The Morgan fingerprint density at radius 1 is 1.04 bits per heavy atom. The van der Waals surface area contributed by atoms with Gasteiger partial charge in [-0.3, -0.25) is 4.79 Å². The summed E-state index contributed by atoms with van der Waals surface area (Å²) in [5, 5.41) is 3.50. The number of sulfonamides is 1. The first kappa shape index (κ1) is 18.3. The average molecular weight is 409 g/mol. The second-order valence-electron chi connectivity index (χ2n) is 6.91. The fourth-order valence-electron chi connectivity index (χ4n) is 3.44. The molecule has 27 heavy (non-hydrogen) atoms. The molecule has 2 saturated heterocycles. The monoisotopic (exact) mass is 409 g/mol. The van der Waals surface area contributed by atoms with E-state index in [9.17, 15) is 21.6 Å². The van der Waals surface area contributed by atoms with Gasteiger partial charge in [-0.2, -0.15) is 9.40 Å². The predicted octanol–water partition coefficient (Wildman–Crippen LogP) is 0.284. The van der Waals surface area contributed by atoms with Gasteiger partial charge in [-0.05, 0) is 12.5 Å². The Bertz CT molecular complexity index is 1120. The number of benzene rings is 1. The normalized spacial score (nSPS) is 23.2. The van der Waals surface area contributed by atoms with Crippen molar-refractivity contribution < 1.29 is 16.8 Å². The molecule has 2 aliphatic heterocycles. The highest BCUT2D eigenvalue weighted by Gasteiger charge is 2.45. The number of rotatable bonds is 4. The van der Waals surface area contributed by atoms with E-state index in [1.54, 1.807) is 6.07 Å². The molecule has 0 radical (unpaired) electrons. The molecule has 0 aliphatic carbocycles. The Morgan fingerprint density at radius 3 is 2.37 bits per heavy atom. The van der Waals surface area contributed by atoms with E-state index in [0.717, 1.165) is 5.56 Å². The summed E-state index contributed by atoms with van der Waals surface area (Å²) >= 11 is 0. The van der Waals surface area contributed by atoms with E-state index >= 15 is 0 Å². The van der Waals surface area contributed by atoms with Crippen molar-refractivity contribution in [3.8, 4) is 11.3 Å². The van der Waals surface area contributed by atoms with Crippen LogP contribution in [0, 0.1) is 0 Å². The molecule has 0 N–H and O–H groups in total. The van der Waals surface area contributed by atoms with Gasteiger partial charge in [0.25, 0.3) is 5.56 Å². The van der Waals surface area contributed by atoms with Crippen LogP contribution in [0.4, 0.5) is 0 Å². The lowest BCUT2D eigenvalue weighted by molar-refractivity contribution is 0.184. The smallest absolute Gasteiger partial charge is 0.267 e. The first-order valence-electron chi connectivity index (χ1n) is 8.61. The molecule has 1 atom stereocenters. The van der Waals surface area contributed by atoms with Crippen LogP contribution in [0.25, 0.3) is 11.3 Å². The lowest BCUT2D eigenvalue weighted by Gasteiger charge is -2.39. The first-order chi connectivity index (χ1) is 12.8. The molecule has 10 heteroatoms. The SMILES string of the molecule is O=c1ccc(-c2ccccc2)nn1C1CN(S(=O)(=O)C2CCS(=O)(=O)C2)C1. The van der Waals surface area contributed by atoms with Crippen molar-refractivity contribution in [1.29, 1.82) is 0 Å². The van der Waals surface area contributed by atoms with Crippen molar-refractivity contribution in [3.05, 3.63) is 52.8 Å². The Morgan fingerprint density at radius 2 is 1.74 bits per heavy atom. The molecule has 144 valence electrons. The van der Waals surface area contributed by atoms with E-state index < -0.39 is 25.1 Å². The average Bonchev–Trinajstić information content (AvgIpc) is 2.97. The molecule has 2 fully saturated rings. The van der Waals surface area contributed by atoms with E-state index in [2.05, 4.69) is 5.10 Å². The number of hydrogen-bond acceptors (Lipinski definition) is 6. The van der Waals surface area contributed by atoms with Crippen molar-refractivity contribution in [2.24, 2.45) is 0 Å². The fraction of sp³-hybridized carbons (Fsp3) is 0.412. The van der Waals surface area contributed by atoms with Gasteiger partial charge in [0, 0.05) is 24.7 Å². The summed E-state index contributed by atoms with van der Waals surface area (Å²) in [6.07, 6.45) is 0.132. The molecule has 1 aromatic carbocycles. The third-order valence-electron chi connectivity index (χ3n) is 5.04. The van der Waals surface area contributed by atoms with Crippen molar-refractivity contribution in [1.82, 2.24) is 14.1 Å². The molecule has 4 rings (SSSR count). The van der Waals surface area contributed by atoms with Gasteiger partial charge in [-0.1, -0.05) is 30.3 Å². The summed E-state index contributed by atoms with van der Waals surface area (Å²) < 4.78 is 51.0. The van der Waals surface area contributed by atoms with E-state index in [1.807, 2.05) is 30.3 Å². The highest BCUT2D eigenvalue weighted by molar-refractivity contribution is 7.95. The summed E-state index contributed by atoms with van der Waals surface area (Å²) in [5.74, 6) is -0.410. The van der Waals surface area contributed by atoms with Crippen molar-refractivity contribution in [3.63, 3.8) is 0 Å². The largest absolute Gasteiger partial charge is 0.268 e. The maximum Gasteiger partial charge on any atom is 0.267 e. The molecule has 0 amide bonds. The van der Waals surface area contributed by atoms with Gasteiger partial charge < -0.3 is 0 Å².